The number of furan rings is 1. The minimum absolute atomic E-state index is 0.00703. The summed E-state index contributed by atoms with van der Waals surface area (Å²) < 4.78 is 10.6. The highest BCUT2D eigenvalue weighted by molar-refractivity contribution is 6.08. The fraction of sp³-hybridized carbons (Fsp3) is 0.278. The van der Waals surface area contributed by atoms with E-state index in [1.165, 1.54) is 0 Å². The van der Waals surface area contributed by atoms with Gasteiger partial charge >= 0.3 is 0 Å². The lowest BCUT2D eigenvalue weighted by Gasteiger charge is -2.12. The lowest BCUT2D eigenvalue weighted by molar-refractivity contribution is -0.121. The van der Waals surface area contributed by atoms with Crippen molar-refractivity contribution in [3.63, 3.8) is 0 Å². The van der Waals surface area contributed by atoms with Crippen LogP contribution in [0.2, 0.25) is 0 Å². The monoisotopic (exact) mass is 297 g/mol. The summed E-state index contributed by atoms with van der Waals surface area (Å²) in [5, 5.41) is 6.20. The van der Waals surface area contributed by atoms with E-state index >= 15 is 0 Å². The van der Waals surface area contributed by atoms with Gasteiger partial charge in [-0.2, -0.15) is 0 Å². The fourth-order valence-corrected chi connectivity index (χ4v) is 2.80. The first kappa shape index (κ1) is 14.6. The van der Waals surface area contributed by atoms with Gasteiger partial charge in [-0.1, -0.05) is 30.3 Å². The molecule has 0 unspecified atom stereocenters. The molecule has 114 valence electrons. The van der Waals surface area contributed by atoms with Crippen LogP contribution in [0.25, 0.3) is 21.7 Å². The van der Waals surface area contributed by atoms with Crippen LogP contribution >= 0.6 is 0 Å². The second-order valence-electron chi connectivity index (χ2n) is 5.52. The molecule has 1 atom stereocenters. The van der Waals surface area contributed by atoms with Crippen LogP contribution in [0.15, 0.2) is 47.1 Å². The lowest BCUT2D eigenvalue weighted by Crippen LogP contribution is -2.36. The van der Waals surface area contributed by atoms with Crippen molar-refractivity contribution in [3.05, 3.63) is 48.2 Å². The van der Waals surface area contributed by atoms with E-state index in [0.717, 1.165) is 27.3 Å². The SMILES string of the molecule is COC[C@@H](C)NC(=O)Cc1coc2ccc3ccccc3c12. The Morgan fingerprint density at radius 3 is 2.91 bits per heavy atom. The zero-order chi connectivity index (χ0) is 15.5. The summed E-state index contributed by atoms with van der Waals surface area (Å²) in [5.41, 5.74) is 1.72. The molecule has 0 radical (unpaired) electrons. The van der Waals surface area contributed by atoms with Crippen molar-refractivity contribution in [1.82, 2.24) is 5.32 Å². The predicted molar refractivity (Wildman–Crippen MR) is 86.9 cm³/mol. The van der Waals surface area contributed by atoms with Gasteiger partial charge in [0.05, 0.1) is 19.3 Å². The molecule has 22 heavy (non-hydrogen) atoms. The molecule has 0 aliphatic carbocycles. The molecule has 1 heterocycles. The zero-order valence-corrected chi connectivity index (χ0v) is 12.8. The van der Waals surface area contributed by atoms with Gasteiger partial charge in [-0.05, 0) is 23.8 Å². The van der Waals surface area contributed by atoms with Crippen molar-refractivity contribution in [1.29, 1.82) is 0 Å². The maximum absolute atomic E-state index is 12.2. The van der Waals surface area contributed by atoms with Crippen molar-refractivity contribution in [2.24, 2.45) is 0 Å². The van der Waals surface area contributed by atoms with Crippen molar-refractivity contribution < 1.29 is 13.9 Å². The summed E-state index contributed by atoms with van der Waals surface area (Å²) in [6.07, 6.45) is 1.98. The number of benzene rings is 2. The van der Waals surface area contributed by atoms with Crippen molar-refractivity contribution in [2.75, 3.05) is 13.7 Å². The Morgan fingerprint density at radius 2 is 2.09 bits per heavy atom. The molecule has 2 aromatic carbocycles. The van der Waals surface area contributed by atoms with E-state index in [1.807, 2.05) is 31.2 Å². The first-order valence-electron chi connectivity index (χ1n) is 7.35. The van der Waals surface area contributed by atoms with E-state index in [9.17, 15) is 4.79 Å². The van der Waals surface area contributed by atoms with Crippen LogP contribution < -0.4 is 5.32 Å². The third kappa shape index (κ3) is 2.83. The standard InChI is InChI=1S/C18H19NO3/c1-12(10-21-2)19-17(20)9-14-11-22-16-8-7-13-5-3-4-6-15(13)18(14)16/h3-8,11-12H,9-10H2,1-2H3,(H,19,20)/t12-/m1/s1. The average Bonchev–Trinajstić information content (AvgIpc) is 2.90. The summed E-state index contributed by atoms with van der Waals surface area (Å²) in [5.74, 6) is -0.0276. The van der Waals surface area contributed by atoms with Crippen LogP contribution in [0.1, 0.15) is 12.5 Å². The second-order valence-corrected chi connectivity index (χ2v) is 5.52. The average molecular weight is 297 g/mol. The Labute approximate surface area is 129 Å². The number of fused-ring (bicyclic) bond motifs is 3. The van der Waals surface area contributed by atoms with Crippen molar-refractivity contribution >= 4 is 27.6 Å². The summed E-state index contributed by atoms with van der Waals surface area (Å²) in [7, 11) is 1.62. The van der Waals surface area contributed by atoms with Gasteiger partial charge in [0.2, 0.25) is 5.91 Å². The van der Waals surface area contributed by atoms with Gasteiger partial charge in [-0.3, -0.25) is 4.79 Å². The first-order chi connectivity index (χ1) is 10.7. The maximum Gasteiger partial charge on any atom is 0.224 e. The molecule has 0 bridgehead atoms. The van der Waals surface area contributed by atoms with Gasteiger partial charge < -0.3 is 14.5 Å². The minimum atomic E-state index is -0.0276. The topological polar surface area (TPSA) is 51.5 Å². The Balaban J connectivity index is 1.91. The fourth-order valence-electron chi connectivity index (χ4n) is 2.80. The molecule has 4 heteroatoms. The van der Waals surface area contributed by atoms with Gasteiger partial charge in [-0.15, -0.1) is 0 Å². The van der Waals surface area contributed by atoms with E-state index in [4.69, 9.17) is 9.15 Å². The van der Waals surface area contributed by atoms with Gasteiger partial charge in [-0.25, -0.2) is 0 Å². The molecule has 1 amide bonds. The highest BCUT2D eigenvalue weighted by Crippen LogP contribution is 2.30. The molecular weight excluding hydrogens is 278 g/mol. The molecular formula is C18H19NO3. The van der Waals surface area contributed by atoms with Crippen LogP contribution in [0.4, 0.5) is 0 Å². The van der Waals surface area contributed by atoms with Gasteiger partial charge in [0.1, 0.15) is 5.58 Å². The number of nitrogens with one attached hydrogen (secondary N) is 1. The highest BCUT2D eigenvalue weighted by Gasteiger charge is 2.14. The van der Waals surface area contributed by atoms with E-state index in [-0.39, 0.29) is 11.9 Å². The first-order valence-corrected chi connectivity index (χ1v) is 7.35. The van der Waals surface area contributed by atoms with Crippen LogP contribution in [-0.4, -0.2) is 25.7 Å². The second kappa shape index (κ2) is 6.20. The maximum atomic E-state index is 12.2. The van der Waals surface area contributed by atoms with Crippen molar-refractivity contribution in [2.45, 2.75) is 19.4 Å². The van der Waals surface area contributed by atoms with E-state index in [2.05, 4.69) is 17.4 Å². The normalized spacial score (nSPS) is 12.6. The van der Waals surface area contributed by atoms with Crippen LogP contribution in [0.5, 0.6) is 0 Å². The van der Waals surface area contributed by atoms with Crippen molar-refractivity contribution in [3.8, 4) is 0 Å². The molecule has 0 spiro atoms. The highest BCUT2D eigenvalue weighted by atomic mass is 16.5. The summed E-state index contributed by atoms with van der Waals surface area (Å²) in [4.78, 5) is 12.2. The van der Waals surface area contributed by atoms with Crippen LogP contribution in [0, 0.1) is 0 Å². The Kier molecular flexibility index (Phi) is 4.11. The van der Waals surface area contributed by atoms with Gasteiger partial charge in [0.15, 0.2) is 0 Å². The number of rotatable bonds is 5. The third-order valence-corrected chi connectivity index (χ3v) is 3.72. The zero-order valence-electron chi connectivity index (χ0n) is 12.8. The van der Waals surface area contributed by atoms with Crippen LogP contribution in [0.3, 0.4) is 0 Å². The van der Waals surface area contributed by atoms with Gasteiger partial charge in [0, 0.05) is 24.1 Å². The van der Waals surface area contributed by atoms with E-state index < -0.39 is 0 Å². The van der Waals surface area contributed by atoms with Gasteiger partial charge in [0.25, 0.3) is 0 Å². The number of carbonyl (C=O) groups is 1. The Morgan fingerprint density at radius 1 is 1.27 bits per heavy atom. The van der Waals surface area contributed by atoms with E-state index in [1.54, 1.807) is 13.4 Å². The smallest absolute Gasteiger partial charge is 0.224 e. The minimum Gasteiger partial charge on any atom is -0.464 e. The molecule has 4 nitrogen and oxygen atoms in total. The Hall–Kier alpha value is -2.33. The molecule has 0 saturated heterocycles. The summed E-state index contributed by atoms with van der Waals surface area (Å²) in [6.45, 7) is 2.42. The molecule has 1 aromatic heterocycles. The lowest BCUT2D eigenvalue weighted by atomic mass is 10.0. The molecule has 0 aliphatic heterocycles. The summed E-state index contributed by atoms with van der Waals surface area (Å²) in [6, 6.07) is 12.1. The predicted octanol–water partition coefficient (Wildman–Crippen LogP) is 3.28. The molecule has 0 fully saturated rings. The number of methoxy groups -OCH3 is 1. The summed E-state index contributed by atoms with van der Waals surface area (Å²) >= 11 is 0. The number of carbonyl (C=O) groups excluding carboxylic acids is 1. The molecule has 3 aromatic rings. The van der Waals surface area contributed by atoms with E-state index in [0.29, 0.717) is 13.0 Å². The number of hydrogen-bond donors (Lipinski definition) is 1. The molecule has 1 N–H and O–H groups in total. The largest absolute Gasteiger partial charge is 0.464 e. The number of hydrogen-bond acceptors (Lipinski definition) is 3. The van der Waals surface area contributed by atoms with Crippen LogP contribution in [-0.2, 0) is 16.0 Å². The molecule has 0 aliphatic rings. The molecule has 3 rings (SSSR count). The number of ether oxygens (including phenoxy) is 1. The quantitative estimate of drug-likeness (QED) is 0.786. The third-order valence-electron chi connectivity index (χ3n) is 3.72. The number of amides is 1. The Bertz CT molecular complexity index is 806. The molecule has 0 saturated carbocycles.